The number of hydrogen-bond donors (Lipinski definition) is 1. The minimum absolute atomic E-state index is 0.0104. The summed E-state index contributed by atoms with van der Waals surface area (Å²) in [6, 6.07) is 10.6. The molecule has 8 nitrogen and oxygen atoms in total. The van der Waals surface area contributed by atoms with E-state index in [0.29, 0.717) is 27.9 Å². The van der Waals surface area contributed by atoms with Gasteiger partial charge in [-0.15, -0.1) is 11.3 Å². The summed E-state index contributed by atoms with van der Waals surface area (Å²) in [5.41, 5.74) is 1.54. The van der Waals surface area contributed by atoms with Crippen LogP contribution in [0.4, 0.5) is 10.5 Å². The number of rotatable bonds is 10. The Labute approximate surface area is 233 Å². The maximum Gasteiger partial charge on any atom is 0.414 e. The third kappa shape index (κ3) is 7.56. The number of anilines is 1. The third-order valence-corrected chi connectivity index (χ3v) is 8.38. The van der Waals surface area contributed by atoms with Gasteiger partial charge in [0.05, 0.1) is 29.0 Å². The van der Waals surface area contributed by atoms with Crippen molar-refractivity contribution in [3.8, 4) is 0 Å². The first-order valence-corrected chi connectivity index (χ1v) is 14.2. The van der Waals surface area contributed by atoms with Crippen molar-refractivity contribution in [3.63, 3.8) is 0 Å². The SMILES string of the molecule is CCC(C)N(CC(O)CN(C(=O)OC)c1ccc(C(C)C2CCCOCC2=O)cc1)C(=O)c1ccc(Cl)s1. The number of Topliss-reactive ketones (excluding diaryl/α,β-unsaturated/α-hetero) is 1. The monoisotopic (exact) mass is 564 g/mol. The summed E-state index contributed by atoms with van der Waals surface area (Å²) < 4.78 is 10.9. The Bertz CT molecular complexity index is 1090. The molecular weight excluding hydrogens is 528 g/mol. The van der Waals surface area contributed by atoms with Crippen LogP contribution in [0.2, 0.25) is 4.34 Å². The molecule has 1 N–H and O–H groups in total. The number of aliphatic hydroxyl groups is 1. The van der Waals surface area contributed by atoms with E-state index in [1.165, 1.54) is 23.3 Å². The van der Waals surface area contributed by atoms with Crippen LogP contribution in [0.25, 0.3) is 0 Å². The smallest absolute Gasteiger partial charge is 0.414 e. The van der Waals surface area contributed by atoms with Crippen LogP contribution in [0.5, 0.6) is 0 Å². The minimum atomic E-state index is -1.02. The number of nitrogens with zero attached hydrogens (tertiary/aromatic N) is 2. The van der Waals surface area contributed by atoms with Crippen LogP contribution in [0, 0.1) is 5.92 Å². The molecule has 0 aliphatic carbocycles. The lowest BCUT2D eigenvalue weighted by Crippen LogP contribution is -2.47. The highest BCUT2D eigenvalue weighted by Crippen LogP contribution is 2.31. The number of halogens is 1. The number of aliphatic hydroxyl groups excluding tert-OH is 1. The summed E-state index contributed by atoms with van der Waals surface area (Å²) >= 11 is 7.22. The van der Waals surface area contributed by atoms with Crippen molar-refractivity contribution in [1.29, 1.82) is 0 Å². The molecule has 2 aromatic rings. The quantitative estimate of drug-likeness (QED) is 0.416. The van der Waals surface area contributed by atoms with E-state index in [1.807, 2.05) is 32.9 Å². The van der Waals surface area contributed by atoms with Crippen molar-refractivity contribution in [3.05, 3.63) is 51.2 Å². The Morgan fingerprint density at radius 3 is 2.50 bits per heavy atom. The Kier molecular flexibility index (Phi) is 11.1. The van der Waals surface area contributed by atoms with Gasteiger partial charge in [0.1, 0.15) is 6.61 Å². The number of hydrogen-bond acceptors (Lipinski definition) is 7. The largest absolute Gasteiger partial charge is 0.452 e. The first-order chi connectivity index (χ1) is 18.2. The van der Waals surface area contributed by atoms with Crippen molar-refractivity contribution in [1.82, 2.24) is 4.90 Å². The van der Waals surface area contributed by atoms with Gasteiger partial charge < -0.3 is 19.5 Å². The Morgan fingerprint density at radius 2 is 1.89 bits per heavy atom. The molecular formula is C28H37ClN2O6S. The van der Waals surface area contributed by atoms with Crippen LogP contribution in [-0.2, 0) is 14.3 Å². The van der Waals surface area contributed by atoms with Gasteiger partial charge in [0.25, 0.3) is 5.91 Å². The van der Waals surface area contributed by atoms with Gasteiger partial charge in [-0.05, 0) is 61.9 Å². The van der Waals surface area contributed by atoms with E-state index in [2.05, 4.69) is 0 Å². The van der Waals surface area contributed by atoms with Crippen molar-refractivity contribution >= 4 is 46.4 Å². The Morgan fingerprint density at radius 1 is 1.18 bits per heavy atom. The molecule has 2 heterocycles. The normalized spacial score (nSPS) is 18.3. The van der Waals surface area contributed by atoms with Gasteiger partial charge in [0, 0.05) is 30.8 Å². The lowest BCUT2D eigenvalue weighted by atomic mass is 9.82. The molecule has 2 amide bonds. The molecule has 0 radical (unpaired) electrons. The summed E-state index contributed by atoms with van der Waals surface area (Å²) in [5, 5.41) is 11.0. The summed E-state index contributed by atoms with van der Waals surface area (Å²) in [5.74, 6) is -0.194. The molecule has 0 bridgehead atoms. The van der Waals surface area contributed by atoms with Crippen molar-refractivity contribution < 1.29 is 29.0 Å². The van der Waals surface area contributed by atoms with Gasteiger partial charge in [-0.2, -0.15) is 0 Å². The van der Waals surface area contributed by atoms with Crippen LogP contribution in [0.3, 0.4) is 0 Å². The summed E-state index contributed by atoms with van der Waals surface area (Å²) in [6.07, 6.45) is 0.693. The third-order valence-electron chi connectivity index (χ3n) is 7.16. The van der Waals surface area contributed by atoms with E-state index in [-0.39, 0.29) is 49.3 Å². The van der Waals surface area contributed by atoms with Crippen molar-refractivity contribution in [2.75, 3.05) is 38.3 Å². The Hall–Kier alpha value is -2.46. The predicted molar refractivity (Wildman–Crippen MR) is 149 cm³/mol. The topological polar surface area (TPSA) is 96.4 Å². The molecule has 208 valence electrons. The number of carbonyl (C=O) groups is 3. The molecule has 4 unspecified atom stereocenters. The second-order valence-electron chi connectivity index (χ2n) is 9.70. The van der Waals surface area contributed by atoms with Crippen molar-refractivity contribution in [2.45, 2.75) is 58.1 Å². The standard InChI is InChI=1S/C28H37ClN2O6S/c1-5-18(2)30(27(34)25-12-13-26(29)38-25)15-22(32)16-31(28(35)36-4)21-10-8-20(9-11-21)19(3)23-7-6-14-37-17-24(23)33/h8-13,18-19,22-23,32H,5-7,14-17H2,1-4H3. The number of ether oxygens (including phenoxy) is 2. The lowest BCUT2D eigenvalue weighted by molar-refractivity contribution is -0.126. The second-order valence-corrected chi connectivity index (χ2v) is 11.4. The average molecular weight is 565 g/mol. The highest BCUT2D eigenvalue weighted by atomic mass is 35.5. The fraction of sp³-hybridized carbons (Fsp3) is 0.536. The molecule has 3 rings (SSSR count). The lowest BCUT2D eigenvalue weighted by Gasteiger charge is -2.32. The van der Waals surface area contributed by atoms with Gasteiger partial charge >= 0.3 is 6.09 Å². The maximum atomic E-state index is 13.1. The van der Waals surface area contributed by atoms with Gasteiger partial charge in [0.15, 0.2) is 5.78 Å². The summed E-state index contributed by atoms with van der Waals surface area (Å²) in [6.45, 7) is 6.65. The van der Waals surface area contributed by atoms with Gasteiger partial charge in [-0.3, -0.25) is 14.5 Å². The molecule has 1 aliphatic rings. The number of amides is 2. The zero-order chi connectivity index (χ0) is 27.8. The predicted octanol–water partition coefficient (Wildman–Crippen LogP) is 5.38. The van der Waals surface area contributed by atoms with Crippen molar-refractivity contribution in [2.24, 2.45) is 5.92 Å². The molecule has 10 heteroatoms. The van der Waals surface area contributed by atoms with Crippen LogP contribution in [0.15, 0.2) is 36.4 Å². The van der Waals surface area contributed by atoms with Gasteiger partial charge in [-0.1, -0.05) is 37.6 Å². The first-order valence-electron chi connectivity index (χ1n) is 13.0. The number of carbonyl (C=O) groups excluding carboxylic acids is 3. The molecule has 1 saturated heterocycles. The van der Waals surface area contributed by atoms with Crippen LogP contribution in [-0.4, -0.2) is 73.3 Å². The zero-order valence-corrected chi connectivity index (χ0v) is 24.0. The number of thiophene rings is 1. The minimum Gasteiger partial charge on any atom is -0.452 e. The van der Waals surface area contributed by atoms with E-state index in [9.17, 15) is 19.5 Å². The molecule has 4 atom stereocenters. The van der Waals surface area contributed by atoms with E-state index < -0.39 is 12.2 Å². The first kappa shape index (κ1) is 30.1. The Balaban J connectivity index is 1.74. The molecule has 38 heavy (non-hydrogen) atoms. The highest BCUT2D eigenvalue weighted by Gasteiger charge is 2.29. The summed E-state index contributed by atoms with van der Waals surface area (Å²) in [7, 11) is 1.29. The van der Waals surface area contributed by atoms with Crippen LogP contribution < -0.4 is 4.90 Å². The fourth-order valence-corrected chi connectivity index (χ4v) is 5.71. The molecule has 0 saturated carbocycles. The van der Waals surface area contributed by atoms with E-state index in [0.717, 1.165) is 18.4 Å². The highest BCUT2D eigenvalue weighted by molar-refractivity contribution is 7.17. The second kappa shape index (κ2) is 14.1. The molecule has 1 fully saturated rings. The maximum absolute atomic E-state index is 13.1. The van der Waals surface area contributed by atoms with Gasteiger partial charge in [-0.25, -0.2) is 4.79 Å². The molecule has 1 aliphatic heterocycles. The molecule has 1 aromatic carbocycles. The fourth-order valence-electron chi connectivity index (χ4n) is 4.71. The number of benzene rings is 1. The number of methoxy groups -OCH3 is 1. The van der Waals surface area contributed by atoms with E-state index in [1.54, 1.807) is 29.2 Å². The zero-order valence-electron chi connectivity index (χ0n) is 22.4. The molecule has 1 aromatic heterocycles. The van der Waals surface area contributed by atoms with Crippen LogP contribution in [0.1, 0.15) is 61.2 Å². The number of ketones is 1. The average Bonchev–Trinajstić information content (AvgIpc) is 3.25. The van der Waals surface area contributed by atoms with Crippen LogP contribution >= 0.6 is 22.9 Å². The molecule has 0 spiro atoms. The van der Waals surface area contributed by atoms with E-state index >= 15 is 0 Å². The van der Waals surface area contributed by atoms with E-state index in [4.69, 9.17) is 21.1 Å². The summed E-state index contributed by atoms with van der Waals surface area (Å²) in [4.78, 5) is 41.8. The van der Waals surface area contributed by atoms with Gasteiger partial charge in [0.2, 0.25) is 0 Å².